The highest BCUT2D eigenvalue weighted by Crippen LogP contribution is 2.47. The van der Waals surface area contributed by atoms with Crippen molar-refractivity contribution in [2.75, 3.05) is 118 Å². The van der Waals surface area contributed by atoms with Crippen LogP contribution in [-0.4, -0.2) is 148 Å². The third-order valence-electron chi connectivity index (χ3n) is 8.52. The van der Waals surface area contributed by atoms with E-state index in [1.165, 1.54) is 11.1 Å². The molecule has 3 saturated heterocycles. The lowest BCUT2D eigenvalue weighted by Crippen LogP contribution is -2.69. The Morgan fingerprint density at radius 3 is 1.74 bits per heavy atom. The summed E-state index contributed by atoms with van der Waals surface area (Å²) in [6.07, 6.45) is 0. The van der Waals surface area contributed by atoms with Crippen molar-refractivity contribution in [1.29, 1.82) is 0 Å². The van der Waals surface area contributed by atoms with Crippen molar-refractivity contribution in [3.63, 3.8) is 0 Å². The quantitative estimate of drug-likeness (QED) is 0.612. The van der Waals surface area contributed by atoms with Crippen LogP contribution in [0.2, 0.25) is 0 Å². The summed E-state index contributed by atoms with van der Waals surface area (Å²) < 4.78 is 0. The highest BCUT2D eigenvalue weighted by atomic mass is 16.2. The van der Waals surface area contributed by atoms with Gasteiger partial charge in [0.2, 0.25) is 0 Å². The van der Waals surface area contributed by atoms with E-state index in [9.17, 15) is 4.79 Å². The average Bonchev–Trinajstić information content (AvgIpc) is 3.07. The maximum Gasteiger partial charge on any atom is 0.267 e. The van der Waals surface area contributed by atoms with Crippen molar-refractivity contribution in [3.8, 4) is 0 Å². The summed E-state index contributed by atoms with van der Waals surface area (Å²) in [7, 11) is 6.58. The van der Waals surface area contributed by atoms with Crippen LogP contribution < -0.4 is 4.90 Å². The lowest BCUT2D eigenvalue weighted by Gasteiger charge is -2.51. The predicted molar refractivity (Wildman–Crippen MR) is 137 cm³/mol. The number of nitrogens with zero attached hydrogens (tertiary/aromatic N) is 7. The van der Waals surface area contributed by atoms with Gasteiger partial charge in [0.25, 0.3) is 5.91 Å². The largest absolute Gasteiger partial charge is 0.308 e. The van der Waals surface area contributed by atoms with Crippen LogP contribution in [-0.2, 0) is 10.5 Å². The molecule has 5 rings (SSSR count). The third kappa shape index (κ3) is 4.29. The summed E-state index contributed by atoms with van der Waals surface area (Å²) in [5.74, 6) is 0.274. The van der Waals surface area contributed by atoms with E-state index >= 15 is 0 Å². The summed E-state index contributed by atoms with van der Waals surface area (Å²) in [5, 5.41) is 0. The average molecular weight is 470 g/mol. The second-order valence-corrected chi connectivity index (χ2v) is 10.9. The Morgan fingerprint density at radius 2 is 1.21 bits per heavy atom. The van der Waals surface area contributed by atoms with Gasteiger partial charge in [0.05, 0.1) is 5.69 Å². The molecule has 0 bridgehead atoms. The van der Waals surface area contributed by atoms with Gasteiger partial charge in [-0.3, -0.25) is 19.5 Å². The molecule has 34 heavy (non-hydrogen) atoms. The van der Waals surface area contributed by atoms with Crippen molar-refractivity contribution in [3.05, 3.63) is 29.3 Å². The van der Waals surface area contributed by atoms with Gasteiger partial charge in [0.15, 0.2) is 5.66 Å². The highest BCUT2D eigenvalue weighted by molar-refractivity contribution is 6.07. The van der Waals surface area contributed by atoms with Gasteiger partial charge in [-0.05, 0) is 34.1 Å². The van der Waals surface area contributed by atoms with E-state index in [0.29, 0.717) is 0 Å². The molecule has 188 valence electrons. The Balaban J connectivity index is 1.49. The number of hydrogen-bond donors (Lipinski definition) is 0. The van der Waals surface area contributed by atoms with Crippen molar-refractivity contribution in [1.82, 2.24) is 29.4 Å². The summed E-state index contributed by atoms with van der Waals surface area (Å²) >= 11 is 0. The number of aryl methyl sites for hydroxylation is 1. The minimum atomic E-state index is -0.675. The molecule has 1 aromatic carbocycles. The van der Waals surface area contributed by atoms with Crippen LogP contribution in [0.1, 0.15) is 11.1 Å². The zero-order valence-electron chi connectivity index (χ0n) is 21.7. The molecule has 8 heteroatoms. The predicted octanol–water partition coefficient (Wildman–Crippen LogP) is 0.237. The molecule has 1 aromatic rings. The van der Waals surface area contributed by atoms with Crippen molar-refractivity contribution in [2.45, 2.75) is 12.6 Å². The van der Waals surface area contributed by atoms with E-state index in [1.807, 2.05) is 0 Å². The molecule has 0 radical (unpaired) electrons. The normalized spacial score (nSPS) is 26.4. The summed E-state index contributed by atoms with van der Waals surface area (Å²) in [5.41, 5.74) is 2.90. The van der Waals surface area contributed by atoms with Crippen molar-refractivity contribution in [2.24, 2.45) is 0 Å². The number of anilines is 1. The third-order valence-corrected chi connectivity index (χ3v) is 8.52. The highest BCUT2D eigenvalue weighted by Gasteiger charge is 2.58. The van der Waals surface area contributed by atoms with Crippen LogP contribution >= 0.6 is 0 Å². The van der Waals surface area contributed by atoms with Gasteiger partial charge in [0, 0.05) is 97.2 Å². The van der Waals surface area contributed by atoms with Crippen molar-refractivity contribution < 1.29 is 4.79 Å². The number of likely N-dealkylation sites (N-methyl/N-ethyl adjacent to an activating group) is 3. The maximum atomic E-state index is 14.7. The van der Waals surface area contributed by atoms with Crippen LogP contribution in [0.15, 0.2) is 18.2 Å². The Kier molecular flexibility index (Phi) is 6.99. The van der Waals surface area contributed by atoms with Gasteiger partial charge < -0.3 is 19.6 Å². The molecule has 4 aliphatic rings. The summed E-state index contributed by atoms with van der Waals surface area (Å²) in [4.78, 5) is 31.5. The molecule has 0 unspecified atom stereocenters. The van der Waals surface area contributed by atoms with Gasteiger partial charge in [0.1, 0.15) is 0 Å². The summed E-state index contributed by atoms with van der Waals surface area (Å²) in [6, 6.07) is 6.69. The maximum absolute atomic E-state index is 14.7. The van der Waals surface area contributed by atoms with Gasteiger partial charge >= 0.3 is 0 Å². The molecule has 0 aromatic heterocycles. The second kappa shape index (κ2) is 9.84. The molecule has 0 atom stereocenters. The lowest BCUT2D eigenvalue weighted by molar-refractivity contribution is -0.152. The fraction of sp³-hybridized carbons (Fsp3) is 0.731. The monoisotopic (exact) mass is 469 g/mol. The number of rotatable bonds is 5. The molecule has 0 aliphatic carbocycles. The van der Waals surface area contributed by atoms with Crippen LogP contribution in [0.5, 0.6) is 0 Å². The SMILES string of the molecule is Cc1ccc2c(c1)C(N1CCN(C)CC1)(N1CCN(C)CC1)C(=O)N2CCN1CCN(C)CC1. The van der Waals surface area contributed by atoms with E-state index in [-0.39, 0.29) is 5.91 Å². The van der Waals surface area contributed by atoms with E-state index in [0.717, 1.165) is 97.3 Å². The topological polar surface area (TPSA) is 39.8 Å². The minimum absolute atomic E-state index is 0.274. The van der Waals surface area contributed by atoms with Gasteiger partial charge in [-0.1, -0.05) is 17.7 Å². The van der Waals surface area contributed by atoms with Crippen LogP contribution in [0.3, 0.4) is 0 Å². The molecule has 4 aliphatic heterocycles. The van der Waals surface area contributed by atoms with E-state index in [1.54, 1.807) is 0 Å². The number of hydrogen-bond acceptors (Lipinski definition) is 7. The van der Waals surface area contributed by atoms with Crippen LogP contribution in [0.25, 0.3) is 0 Å². The first-order valence-corrected chi connectivity index (χ1v) is 13.1. The van der Waals surface area contributed by atoms with E-state index < -0.39 is 5.66 Å². The number of benzene rings is 1. The number of amides is 1. The number of piperazine rings is 3. The first-order chi connectivity index (χ1) is 16.4. The smallest absolute Gasteiger partial charge is 0.267 e. The second-order valence-electron chi connectivity index (χ2n) is 10.9. The Morgan fingerprint density at radius 1 is 0.706 bits per heavy atom. The number of fused-ring (bicyclic) bond motifs is 1. The minimum Gasteiger partial charge on any atom is -0.308 e. The lowest BCUT2D eigenvalue weighted by atomic mass is 9.93. The molecule has 1 amide bonds. The first kappa shape index (κ1) is 24.2. The van der Waals surface area contributed by atoms with E-state index in [2.05, 4.69) is 80.6 Å². The number of carbonyl (C=O) groups excluding carboxylic acids is 1. The fourth-order valence-electron chi connectivity index (χ4n) is 6.18. The van der Waals surface area contributed by atoms with Gasteiger partial charge in [-0.2, -0.15) is 0 Å². The Labute approximate surface area is 205 Å². The zero-order valence-corrected chi connectivity index (χ0v) is 21.7. The fourth-order valence-corrected chi connectivity index (χ4v) is 6.18. The molecule has 3 fully saturated rings. The molecule has 8 nitrogen and oxygen atoms in total. The standard InChI is InChI=1S/C26H43N7O/c1-22-5-6-24-23(21-22)26(31-16-9-28(3)10-17-31,32-18-11-29(4)12-19-32)25(34)33(24)20-15-30-13-7-27(2)8-14-30/h5-6,21H,7-20H2,1-4H3. The van der Waals surface area contributed by atoms with Gasteiger partial charge in [-0.15, -0.1) is 0 Å². The molecule has 4 heterocycles. The van der Waals surface area contributed by atoms with Crippen LogP contribution in [0, 0.1) is 6.92 Å². The van der Waals surface area contributed by atoms with Crippen molar-refractivity contribution >= 4 is 11.6 Å². The molecule has 0 saturated carbocycles. The number of carbonyl (C=O) groups is 1. The first-order valence-electron chi connectivity index (χ1n) is 13.1. The zero-order chi connectivity index (χ0) is 23.9. The molecular formula is C26H43N7O. The van der Waals surface area contributed by atoms with E-state index in [4.69, 9.17) is 0 Å². The van der Waals surface area contributed by atoms with Crippen LogP contribution in [0.4, 0.5) is 5.69 Å². The van der Waals surface area contributed by atoms with Gasteiger partial charge in [-0.25, -0.2) is 0 Å². The Bertz CT molecular complexity index is 846. The molecule has 0 spiro atoms. The summed E-state index contributed by atoms with van der Waals surface area (Å²) in [6.45, 7) is 16.0. The molecule has 0 N–H and O–H groups in total. The Hall–Kier alpha value is -1.55. The molecular weight excluding hydrogens is 426 g/mol.